The summed E-state index contributed by atoms with van der Waals surface area (Å²) in [6.07, 6.45) is 1.56. The quantitative estimate of drug-likeness (QED) is 0.522. The Hall–Kier alpha value is -3.21. The maximum atomic E-state index is 13.4. The van der Waals surface area contributed by atoms with E-state index in [0.717, 1.165) is 45.0 Å². The van der Waals surface area contributed by atoms with Crippen LogP contribution < -0.4 is 5.32 Å². The van der Waals surface area contributed by atoms with E-state index in [2.05, 4.69) is 54.3 Å². The van der Waals surface area contributed by atoms with Gasteiger partial charge in [-0.1, -0.05) is 12.1 Å². The van der Waals surface area contributed by atoms with Crippen molar-refractivity contribution in [2.45, 2.75) is 27.7 Å². The molecule has 4 rings (SSSR count). The minimum absolute atomic E-state index is 0.253. The third kappa shape index (κ3) is 2.95. The molecular formula is C22H21FN4. The molecule has 0 aliphatic heterocycles. The van der Waals surface area contributed by atoms with Crippen LogP contribution in [0.1, 0.15) is 22.4 Å². The first-order chi connectivity index (χ1) is 13.0. The maximum absolute atomic E-state index is 13.4. The van der Waals surface area contributed by atoms with Gasteiger partial charge in [-0.2, -0.15) is 0 Å². The summed E-state index contributed by atoms with van der Waals surface area (Å²) in [5.74, 6) is 0.520. The lowest BCUT2D eigenvalue weighted by atomic mass is 10.1. The van der Waals surface area contributed by atoms with E-state index in [1.807, 2.05) is 11.5 Å². The van der Waals surface area contributed by atoms with Gasteiger partial charge in [-0.05, 0) is 74.7 Å². The third-order valence-electron chi connectivity index (χ3n) is 5.02. The highest BCUT2D eigenvalue weighted by Crippen LogP contribution is 2.33. The Kier molecular flexibility index (Phi) is 4.15. The zero-order chi connectivity index (χ0) is 19.1. The number of aryl methyl sites for hydroxylation is 3. The third-order valence-corrected chi connectivity index (χ3v) is 5.02. The minimum Gasteiger partial charge on any atom is -0.339 e. The summed E-state index contributed by atoms with van der Waals surface area (Å²) < 4.78 is 15.4. The molecule has 2 aromatic carbocycles. The molecule has 0 atom stereocenters. The number of halogens is 1. The van der Waals surface area contributed by atoms with Crippen LogP contribution in [0.2, 0.25) is 0 Å². The molecule has 0 aliphatic rings. The van der Waals surface area contributed by atoms with E-state index < -0.39 is 0 Å². The molecular weight excluding hydrogens is 339 g/mol. The lowest BCUT2D eigenvalue weighted by molar-refractivity contribution is 0.627. The van der Waals surface area contributed by atoms with Gasteiger partial charge in [0.05, 0.1) is 5.39 Å². The first-order valence-electron chi connectivity index (χ1n) is 8.88. The van der Waals surface area contributed by atoms with E-state index in [0.29, 0.717) is 0 Å². The molecule has 27 heavy (non-hydrogen) atoms. The first-order valence-corrected chi connectivity index (χ1v) is 8.88. The lowest BCUT2D eigenvalue weighted by Crippen LogP contribution is -2.00. The Balaban J connectivity index is 1.90. The average molecular weight is 360 g/mol. The topological polar surface area (TPSA) is 42.7 Å². The van der Waals surface area contributed by atoms with Crippen LogP contribution in [0.4, 0.5) is 15.9 Å². The van der Waals surface area contributed by atoms with E-state index in [4.69, 9.17) is 0 Å². The van der Waals surface area contributed by atoms with Crippen LogP contribution in [-0.4, -0.2) is 14.5 Å². The smallest absolute Gasteiger partial charge is 0.150 e. The van der Waals surface area contributed by atoms with Crippen molar-refractivity contribution in [1.82, 2.24) is 14.5 Å². The van der Waals surface area contributed by atoms with Gasteiger partial charge in [0.25, 0.3) is 0 Å². The number of hydrogen-bond donors (Lipinski definition) is 1. The molecule has 136 valence electrons. The Morgan fingerprint density at radius 1 is 0.926 bits per heavy atom. The molecule has 0 fully saturated rings. The second-order valence-corrected chi connectivity index (χ2v) is 6.89. The summed E-state index contributed by atoms with van der Waals surface area (Å²) in [7, 11) is 0. The summed E-state index contributed by atoms with van der Waals surface area (Å²) in [6, 6.07) is 12.8. The van der Waals surface area contributed by atoms with Crippen molar-refractivity contribution in [2.75, 3.05) is 5.32 Å². The highest BCUT2D eigenvalue weighted by molar-refractivity contribution is 5.94. The predicted octanol–water partition coefficient (Wildman–Crippen LogP) is 5.54. The van der Waals surface area contributed by atoms with Gasteiger partial charge < -0.3 is 5.32 Å². The highest BCUT2D eigenvalue weighted by Gasteiger charge is 2.18. The van der Waals surface area contributed by atoms with Crippen LogP contribution in [0.25, 0.3) is 16.7 Å². The molecule has 0 unspecified atom stereocenters. The van der Waals surface area contributed by atoms with Crippen molar-refractivity contribution in [3.63, 3.8) is 0 Å². The molecule has 4 nitrogen and oxygen atoms in total. The molecule has 2 heterocycles. The van der Waals surface area contributed by atoms with Gasteiger partial charge in [0, 0.05) is 17.1 Å². The monoisotopic (exact) mass is 360 g/mol. The Morgan fingerprint density at radius 2 is 1.67 bits per heavy atom. The van der Waals surface area contributed by atoms with Crippen molar-refractivity contribution >= 4 is 22.5 Å². The van der Waals surface area contributed by atoms with Crippen LogP contribution in [0.3, 0.4) is 0 Å². The number of rotatable bonds is 3. The number of nitrogens with one attached hydrogen (secondary N) is 1. The van der Waals surface area contributed by atoms with Crippen molar-refractivity contribution in [3.8, 4) is 5.69 Å². The van der Waals surface area contributed by atoms with Gasteiger partial charge in [0.15, 0.2) is 5.65 Å². The fraction of sp³-hybridized carbons (Fsp3) is 0.182. The van der Waals surface area contributed by atoms with Gasteiger partial charge in [-0.25, -0.2) is 14.4 Å². The maximum Gasteiger partial charge on any atom is 0.150 e. The zero-order valence-corrected chi connectivity index (χ0v) is 15.8. The van der Waals surface area contributed by atoms with Gasteiger partial charge in [-0.3, -0.25) is 4.57 Å². The highest BCUT2D eigenvalue weighted by atomic mass is 19.1. The summed E-state index contributed by atoms with van der Waals surface area (Å²) in [4.78, 5) is 9.02. The number of hydrogen-bond acceptors (Lipinski definition) is 3. The largest absolute Gasteiger partial charge is 0.339 e. The Morgan fingerprint density at radius 3 is 2.41 bits per heavy atom. The van der Waals surface area contributed by atoms with Gasteiger partial charge in [0.2, 0.25) is 0 Å². The van der Waals surface area contributed by atoms with E-state index in [1.165, 1.54) is 17.7 Å². The van der Waals surface area contributed by atoms with E-state index in [1.54, 1.807) is 18.5 Å². The van der Waals surface area contributed by atoms with E-state index in [-0.39, 0.29) is 5.82 Å². The number of aromatic nitrogens is 3. The number of benzene rings is 2. The molecule has 1 N–H and O–H groups in total. The summed E-state index contributed by atoms with van der Waals surface area (Å²) in [5.41, 5.74) is 7.21. The predicted molar refractivity (Wildman–Crippen MR) is 107 cm³/mol. The normalized spacial score (nSPS) is 11.1. The molecule has 0 saturated carbocycles. The van der Waals surface area contributed by atoms with Crippen LogP contribution in [0.15, 0.2) is 48.8 Å². The Labute approximate surface area is 157 Å². The Bertz CT molecular complexity index is 1140. The number of anilines is 2. The standard InChI is InChI=1S/C22H21FN4/c1-13-5-6-14(2)19(11-13)26-21-20-15(3)16(4)27(22(20)25-12-24-21)18-9-7-17(23)8-10-18/h5-12H,1-4H3,(H,24,25,26). The lowest BCUT2D eigenvalue weighted by Gasteiger charge is -2.11. The minimum atomic E-state index is -0.253. The zero-order valence-electron chi connectivity index (χ0n) is 15.8. The van der Waals surface area contributed by atoms with Gasteiger partial charge in [0.1, 0.15) is 18.0 Å². The fourth-order valence-electron chi connectivity index (χ4n) is 3.40. The van der Waals surface area contributed by atoms with Crippen molar-refractivity contribution in [1.29, 1.82) is 0 Å². The number of fused-ring (bicyclic) bond motifs is 1. The summed E-state index contributed by atoms with van der Waals surface area (Å²) >= 11 is 0. The van der Waals surface area contributed by atoms with Crippen LogP contribution in [-0.2, 0) is 0 Å². The van der Waals surface area contributed by atoms with Crippen LogP contribution in [0, 0.1) is 33.5 Å². The molecule has 0 radical (unpaired) electrons. The number of nitrogens with zero attached hydrogens (tertiary/aromatic N) is 3. The molecule has 4 aromatic rings. The molecule has 2 aromatic heterocycles. The van der Waals surface area contributed by atoms with Gasteiger partial charge >= 0.3 is 0 Å². The van der Waals surface area contributed by atoms with Crippen molar-refractivity contribution in [2.24, 2.45) is 0 Å². The van der Waals surface area contributed by atoms with Gasteiger partial charge in [-0.15, -0.1) is 0 Å². The summed E-state index contributed by atoms with van der Waals surface area (Å²) in [6.45, 7) is 8.25. The van der Waals surface area contributed by atoms with E-state index in [9.17, 15) is 4.39 Å². The average Bonchev–Trinajstić information content (AvgIpc) is 2.91. The second kappa shape index (κ2) is 6.50. The molecule has 0 spiro atoms. The molecule has 0 aliphatic carbocycles. The molecule has 0 saturated heterocycles. The van der Waals surface area contributed by atoms with Crippen LogP contribution in [0.5, 0.6) is 0 Å². The second-order valence-electron chi connectivity index (χ2n) is 6.89. The molecule has 0 amide bonds. The van der Waals surface area contributed by atoms with Crippen molar-refractivity contribution in [3.05, 3.63) is 77.0 Å². The van der Waals surface area contributed by atoms with E-state index >= 15 is 0 Å². The molecule has 5 heteroatoms. The fourth-order valence-corrected chi connectivity index (χ4v) is 3.40. The first kappa shape index (κ1) is 17.2. The van der Waals surface area contributed by atoms with Crippen LogP contribution >= 0.6 is 0 Å². The summed E-state index contributed by atoms with van der Waals surface area (Å²) in [5, 5.41) is 4.45. The SMILES string of the molecule is Cc1ccc(C)c(Nc2ncnc3c2c(C)c(C)n3-c2ccc(F)cc2)c1. The molecule has 0 bridgehead atoms. The van der Waals surface area contributed by atoms with Crippen molar-refractivity contribution < 1.29 is 4.39 Å².